The molecular formula is C16H14O4S. The fraction of sp³-hybridized carbons (Fsp3) is 0.250. The maximum atomic E-state index is 12.6. The van der Waals surface area contributed by atoms with Gasteiger partial charge in [0.25, 0.3) is 0 Å². The van der Waals surface area contributed by atoms with Crippen LogP contribution in [0, 0.1) is 0 Å². The van der Waals surface area contributed by atoms with Crippen LogP contribution in [0.2, 0.25) is 0 Å². The van der Waals surface area contributed by atoms with Gasteiger partial charge in [0, 0.05) is 5.56 Å². The van der Waals surface area contributed by atoms with E-state index in [1.165, 1.54) is 11.3 Å². The van der Waals surface area contributed by atoms with Gasteiger partial charge in [-0.05, 0) is 36.1 Å². The van der Waals surface area contributed by atoms with E-state index >= 15 is 0 Å². The Morgan fingerprint density at radius 2 is 2.24 bits per heavy atom. The topological polar surface area (TPSA) is 52.6 Å². The first-order valence-corrected chi connectivity index (χ1v) is 7.59. The minimum atomic E-state index is -0.295. The van der Waals surface area contributed by atoms with Gasteiger partial charge in [-0.25, -0.2) is 0 Å². The van der Waals surface area contributed by atoms with Crippen molar-refractivity contribution < 1.29 is 19.1 Å². The maximum Gasteiger partial charge on any atom is 0.310 e. The van der Waals surface area contributed by atoms with Gasteiger partial charge in [-0.2, -0.15) is 0 Å². The zero-order valence-electron chi connectivity index (χ0n) is 11.5. The van der Waals surface area contributed by atoms with Crippen molar-refractivity contribution in [2.24, 2.45) is 0 Å². The third-order valence-electron chi connectivity index (χ3n) is 3.28. The molecule has 0 bridgehead atoms. The normalized spacial score (nSPS) is 12.9. The summed E-state index contributed by atoms with van der Waals surface area (Å²) in [5.41, 5.74) is 2.18. The van der Waals surface area contributed by atoms with Crippen molar-refractivity contribution in [2.45, 2.75) is 20.0 Å². The molecule has 0 radical (unpaired) electrons. The van der Waals surface area contributed by atoms with E-state index in [0.29, 0.717) is 29.4 Å². The third-order valence-corrected chi connectivity index (χ3v) is 4.23. The van der Waals surface area contributed by atoms with Crippen LogP contribution in [-0.4, -0.2) is 18.4 Å². The number of ketones is 1. The highest BCUT2D eigenvalue weighted by molar-refractivity contribution is 7.12. The number of esters is 1. The largest absolute Gasteiger partial charge is 0.488 e. The Hall–Kier alpha value is -2.14. The van der Waals surface area contributed by atoms with E-state index < -0.39 is 0 Å². The molecule has 0 fully saturated rings. The molecule has 0 aliphatic carbocycles. The molecule has 4 nitrogen and oxygen atoms in total. The fourth-order valence-corrected chi connectivity index (χ4v) is 3.16. The summed E-state index contributed by atoms with van der Waals surface area (Å²) >= 11 is 1.42. The maximum absolute atomic E-state index is 12.6. The first-order chi connectivity index (χ1) is 10.2. The van der Waals surface area contributed by atoms with Gasteiger partial charge in [0.1, 0.15) is 12.4 Å². The second-order valence-electron chi connectivity index (χ2n) is 4.71. The quantitative estimate of drug-likeness (QED) is 0.818. The smallest absolute Gasteiger partial charge is 0.310 e. The molecule has 0 saturated carbocycles. The van der Waals surface area contributed by atoms with Crippen molar-refractivity contribution in [3.63, 3.8) is 0 Å². The van der Waals surface area contributed by atoms with E-state index in [-0.39, 0.29) is 18.2 Å². The highest BCUT2D eigenvalue weighted by Gasteiger charge is 2.24. The van der Waals surface area contributed by atoms with Gasteiger partial charge in [-0.1, -0.05) is 6.07 Å². The lowest BCUT2D eigenvalue weighted by molar-refractivity contribution is -0.142. The minimum absolute atomic E-state index is 0.0433. The molecule has 0 unspecified atom stereocenters. The average Bonchev–Trinajstić information content (AvgIpc) is 2.89. The van der Waals surface area contributed by atoms with Crippen LogP contribution >= 0.6 is 11.3 Å². The molecule has 5 heteroatoms. The lowest BCUT2D eigenvalue weighted by atomic mass is 10.0. The Balaban J connectivity index is 1.93. The van der Waals surface area contributed by atoms with Crippen LogP contribution in [-0.2, 0) is 22.6 Å². The molecular weight excluding hydrogens is 288 g/mol. The number of hydrogen-bond donors (Lipinski definition) is 0. The van der Waals surface area contributed by atoms with Crippen LogP contribution in [0.5, 0.6) is 5.75 Å². The SMILES string of the molecule is CCOC(=O)Cc1ccc2c(c1)C(=O)c1sccc1CO2. The number of thiophene rings is 1. The van der Waals surface area contributed by atoms with Crippen molar-refractivity contribution >= 4 is 23.1 Å². The number of benzene rings is 1. The summed E-state index contributed by atoms with van der Waals surface area (Å²) in [6, 6.07) is 7.17. The lowest BCUT2D eigenvalue weighted by Gasteiger charge is -2.08. The molecule has 108 valence electrons. The summed E-state index contributed by atoms with van der Waals surface area (Å²) in [7, 11) is 0. The van der Waals surface area contributed by atoms with Gasteiger partial charge < -0.3 is 9.47 Å². The fourth-order valence-electron chi connectivity index (χ4n) is 2.30. The van der Waals surface area contributed by atoms with Gasteiger partial charge in [0.05, 0.1) is 23.5 Å². The molecule has 1 aliphatic heterocycles. The standard InChI is InChI=1S/C16H14O4S/c1-2-19-14(17)8-10-3-4-13-12(7-10)15(18)16-11(9-20-13)5-6-21-16/h3-7H,2,8-9H2,1H3. The van der Waals surface area contributed by atoms with Crippen molar-refractivity contribution in [1.82, 2.24) is 0 Å². The molecule has 0 spiro atoms. The van der Waals surface area contributed by atoms with Gasteiger partial charge in [0.2, 0.25) is 5.78 Å². The van der Waals surface area contributed by atoms with Gasteiger partial charge in [-0.15, -0.1) is 11.3 Å². The Bertz CT molecular complexity index is 702. The molecule has 0 saturated heterocycles. The number of carbonyl (C=O) groups is 2. The van der Waals surface area contributed by atoms with Crippen molar-refractivity contribution in [3.05, 3.63) is 51.2 Å². The molecule has 2 heterocycles. The minimum Gasteiger partial charge on any atom is -0.488 e. The summed E-state index contributed by atoms with van der Waals surface area (Å²) in [5, 5.41) is 1.89. The van der Waals surface area contributed by atoms with Crippen LogP contribution in [0.15, 0.2) is 29.6 Å². The average molecular weight is 302 g/mol. The Kier molecular flexibility index (Phi) is 3.75. The van der Waals surface area contributed by atoms with Crippen LogP contribution in [0.4, 0.5) is 0 Å². The molecule has 2 aromatic rings. The number of ether oxygens (including phenoxy) is 2. The summed E-state index contributed by atoms with van der Waals surface area (Å²) in [4.78, 5) is 24.8. The Morgan fingerprint density at radius 3 is 3.05 bits per heavy atom. The van der Waals surface area contributed by atoms with Crippen LogP contribution in [0.3, 0.4) is 0 Å². The molecule has 0 atom stereocenters. The molecule has 0 N–H and O–H groups in total. The van der Waals surface area contributed by atoms with E-state index in [9.17, 15) is 9.59 Å². The zero-order chi connectivity index (χ0) is 14.8. The van der Waals surface area contributed by atoms with Gasteiger partial charge in [-0.3, -0.25) is 9.59 Å². The second-order valence-corrected chi connectivity index (χ2v) is 5.62. The highest BCUT2D eigenvalue weighted by atomic mass is 32.1. The van der Waals surface area contributed by atoms with Crippen molar-refractivity contribution in [3.8, 4) is 5.75 Å². The molecule has 21 heavy (non-hydrogen) atoms. The Morgan fingerprint density at radius 1 is 1.38 bits per heavy atom. The molecule has 1 aromatic carbocycles. The number of rotatable bonds is 3. The number of hydrogen-bond acceptors (Lipinski definition) is 5. The molecule has 0 amide bonds. The highest BCUT2D eigenvalue weighted by Crippen LogP contribution is 2.31. The van der Waals surface area contributed by atoms with E-state index in [0.717, 1.165) is 11.1 Å². The van der Waals surface area contributed by atoms with Gasteiger partial charge >= 0.3 is 5.97 Å². The summed E-state index contributed by atoms with van der Waals surface area (Å²) in [6.45, 7) is 2.52. The summed E-state index contributed by atoms with van der Waals surface area (Å²) < 4.78 is 10.6. The second kappa shape index (κ2) is 5.69. The first kappa shape index (κ1) is 13.8. The molecule has 1 aliphatic rings. The van der Waals surface area contributed by atoms with Crippen LogP contribution < -0.4 is 4.74 Å². The zero-order valence-corrected chi connectivity index (χ0v) is 12.4. The summed E-state index contributed by atoms with van der Waals surface area (Å²) in [5.74, 6) is 0.227. The third kappa shape index (κ3) is 2.69. The van der Waals surface area contributed by atoms with E-state index in [1.54, 1.807) is 25.1 Å². The van der Waals surface area contributed by atoms with Crippen molar-refractivity contribution in [1.29, 1.82) is 0 Å². The molecule has 3 rings (SSSR count). The predicted molar refractivity (Wildman–Crippen MR) is 78.9 cm³/mol. The summed E-state index contributed by atoms with van der Waals surface area (Å²) in [6.07, 6.45) is 0.158. The lowest BCUT2D eigenvalue weighted by Crippen LogP contribution is -2.08. The van der Waals surface area contributed by atoms with E-state index in [2.05, 4.69) is 0 Å². The number of fused-ring (bicyclic) bond motifs is 2. The van der Waals surface area contributed by atoms with E-state index in [4.69, 9.17) is 9.47 Å². The Labute approximate surface area is 126 Å². The monoisotopic (exact) mass is 302 g/mol. The predicted octanol–water partition coefficient (Wildman–Crippen LogP) is 2.98. The number of carbonyl (C=O) groups excluding carboxylic acids is 2. The first-order valence-electron chi connectivity index (χ1n) is 6.71. The van der Waals surface area contributed by atoms with Crippen molar-refractivity contribution in [2.75, 3.05) is 6.61 Å². The van der Waals surface area contributed by atoms with Crippen LogP contribution in [0.1, 0.15) is 33.3 Å². The van der Waals surface area contributed by atoms with E-state index in [1.807, 2.05) is 11.4 Å². The van der Waals surface area contributed by atoms with Gasteiger partial charge in [0.15, 0.2) is 0 Å². The van der Waals surface area contributed by atoms with Crippen LogP contribution in [0.25, 0.3) is 0 Å². The molecule has 1 aromatic heterocycles.